The fourth-order valence-corrected chi connectivity index (χ4v) is 2.04. The van der Waals surface area contributed by atoms with Crippen LogP contribution in [0.25, 0.3) is 0 Å². The van der Waals surface area contributed by atoms with E-state index < -0.39 is 0 Å². The van der Waals surface area contributed by atoms with Crippen LogP contribution >= 0.6 is 27.5 Å². The van der Waals surface area contributed by atoms with Crippen LogP contribution in [0.2, 0.25) is 0 Å². The molecular weight excluding hydrogens is 370 g/mol. The van der Waals surface area contributed by atoms with Gasteiger partial charge in [0.25, 0.3) is 0 Å². The van der Waals surface area contributed by atoms with E-state index in [1.807, 2.05) is 25.2 Å². The van der Waals surface area contributed by atoms with Gasteiger partial charge in [-0.2, -0.15) is 5.10 Å². The number of aliphatic imine (C=N–C) groups is 1. The molecule has 0 aliphatic carbocycles. The fraction of sp³-hybridized carbons (Fsp3) is 0.286. The number of hydrazone groups is 1. The topological polar surface area (TPSA) is 89.2 Å². The summed E-state index contributed by atoms with van der Waals surface area (Å²) in [6.07, 6.45) is 1.60. The summed E-state index contributed by atoms with van der Waals surface area (Å²) in [4.78, 5) is 3.76. The zero-order chi connectivity index (χ0) is 16.7. The van der Waals surface area contributed by atoms with Gasteiger partial charge < -0.3 is 16.2 Å². The number of guanidine groups is 1. The Hall–Kier alpha value is -1.73. The summed E-state index contributed by atoms with van der Waals surface area (Å²) in [5.41, 5.74) is 12.3. The molecule has 120 valence electrons. The Kier molecular flexibility index (Phi) is 7.20. The number of hydrogen-bond donors (Lipinski definition) is 2. The van der Waals surface area contributed by atoms with E-state index in [-0.39, 0.29) is 11.1 Å². The Balaban J connectivity index is 2.80. The van der Waals surface area contributed by atoms with E-state index >= 15 is 0 Å². The molecule has 8 heteroatoms. The number of benzene rings is 1. The molecule has 0 aliphatic heterocycles. The lowest BCUT2D eigenvalue weighted by Gasteiger charge is -2.15. The van der Waals surface area contributed by atoms with Crippen LogP contribution in [-0.4, -0.2) is 31.3 Å². The first kappa shape index (κ1) is 18.3. The Bertz CT molecular complexity index is 611. The van der Waals surface area contributed by atoms with Crippen LogP contribution in [0.3, 0.4) is 0 Å². The highest BCUT2D eigenvalue weighted by Gasteiger charge is 2.04. The van der Waals surface area contributed by atoms with Crippen molar-refractivity contribution in [2.75, 3.05) is 14.2 Å². The van der Waals surface area contributed by atoms with Crippen LogP contribution in [0, 0.1) is 0 Å². The number of allylic oxidation sites excluding steroid dienone is 1. The molecule has 0 aromatic heterocycles. The van der Waals surface area contributed by atoms with Gasteiger partial charge in [-0.1, -0.05) is 27.5 Å². The van der Waals surface area contributed by atoms with Crippen LogP contribution in [0.15, 0.2) is 43.5 Å². The van der Waals surface area contributed by atoms with Gasteiger partial charge in [-0.25, -0.2) is 4.99 Å². The molecule has 4 N–H and O–H groups in total. The second-order valence-corrected chi connectivity index (χ2v) is 5.74. The molecule has 0 saturated carbocycles. The lowest BCUT2D eigenvalue weighted by atomic mass is 10.2. The molecule has 1 aromatic rings. The third-order valence-corrected chi connectivity index (χ3v) is 3.81. The third-order valence-electron chi connectivity index (χ3n) is 2.65. The van der Waals surface area contributed by atoms with Crippen molar-refractivity contribution < 1.29 is 4.74 Å². The van der Waals surface area contributed by atoms with Crippen LogP contribution in [0.5, 0.6) is 5.75 Å². The van der Waals surface area contributed by atoms with Crippen molar-refractivity contribution >= 4 is 39.7 Å². The molecule has 22 heavy (non-hydrogen) atoms. The summed E-state index contributed by atoms with van der Waals surface area (Å²) in [5, 5.41) is 6.27. The Morgan fingerprint density at radius 2 is 2.14 bits per heavy atom. The monoisotopic (exact) mass is 387 g/mol. The van der Waals surface area contributed by atoms with Crippen molar-refractivity contribution in [2.45, 2.75) is 13.5 Å². The normalized spacial score (nSPS) is 12.0. The predicted octanol–water partition coefficient (Wildman–Crippen LogP) is 2.62. The molecule has 0 radical (unpaired) electrons. The molecule has 1 rings (SSSR count). The smallest absolute Gasteiger partial charge is 0.192 e. The van der Waals surface area contributed by atoms with Gasteiger partial charge >= 0.3 is 0 Å². The molecule has 0 atom stereocenters. The van der Waals surface area contributed by atoms with Gasteiger partial charge in [0.15, 0.2) is 5.96 Å². The first-order valence-corrected chi connectivity index (χ1v) is 7.54. The van der Waals surface area contributed by atoms with Crippen LogP contribution < -0.4 is 16.2 Å². The summed E-state index contributed by atoms with van der Waals surface area (Å²) < 4.78 is 6.20. The Morgan fingerprint density at radius 1 is 1.45 bits per heavy atom. The minimum absolute atomic E-state index is 0.0913. The SMILES string of the molecule is COc1ccc(Br)c(CN(C)/N=C\C(C)=C(/Cl)N=C(N)N)c1. The summed E-state index contributed by atoms with van der Waals surface area (Å²) in [6.45, 7) is 2.37. The number of methoxy groups -OCH3 is 1. The minimum Gasteiger partial charge on any atom is -0.497 e. The highest BCUT2D eigenvalue weighted by Crippen LogP contribution is 2.23. The van der Waals surface area contributed by atoms with Crippen molar-refractivity contribution in [3.63, 3.8) is 0 Å². The zero-order valence-electron chi connectivity index (χ0n) is 12.7. The number of ether oxygens (including phenoxy) is 1. The predicted molar refractivity (Wildman–Crippen MR) is 95.0 cm³/mol. The van der Waals surface area contributed by atoms with E-state index in [2.05, 4.69) is 26.0 Å². The maximum Gasteiger partial charge on any atom is 0.192 e. The lowest BCUT2D eigenvalue weighted by molar-refractivity contribution is 0.346. The van der Waals surface area contributed by atoms with Crippen LogP contribution in [-0.2, 0) is 6.54 Å². The summed E-state index contributed by atoms with van der Waals surface area (Å²) in [5.74, 6) is 0.703. The zero-order valence-corrected chi connectivity index (χ0v) is 15.0. The largest absolute Gasteiger partial charge is 0.497 e. The van der Waals surface area contributed by atoms with Gasteiger partial charge in [0.1, 0.15) is 10.9 Å². The molecule has 0 bridgehead atoms. The molecule has 0 fully saturated rings. The molecule has 0 spiro atoms. The number of nitrogens with two attached hydrogens (primary N) is 2. The molecule has 6 nitrogen and oxygen atoms in total. The van der Waals surface area contributed by atoms with Crippen LogP contribution in [0.4, 0.5) is 0 Å². The molecule has 0 saturated heterocycles. The molecule has 0 amide bonds. The fourth-order valence-electron chi connectivity index (χ4n) is 1.53. The second-order valence-electron chi connectivity index (χ2n) is 4.53. The van der Waals surface area contributed by atoms with Crippen molar-refractivity contribution in [1.82, 2.24) is 5.01 Å². The quantitative estimate of drug-likeness (QED) is 0.339. The highest BCUT2D eigenvalue weighted by molar-refractivity contribution is 9.10. The van der Waals surface area contributed by atoms with Gasteiger partial charge in [0, 0.05) is 17.1 Å². The summed E-state index contributed by atoms with van der Waals surface area (Å²) >= 11 is 9.44. The van der Waals surface area contributed by atoms with Gasteiger partial charge in [-0.3, -0.25) is 5.01 Å². The van der Waals surface area contributed by atoms with Gasteiger partial charge in [0.2, 0.25) is 0 Å². The van der Waals surface area contributed by atoms with Crippen molar-refractivity contribution in [1.29, 1.82) is 0 Å². The van der Waals surface area contributed by atoms with E-state index in [9.17, 15) is 0 Å². The molecule has 0 unspecified atom stereocenters. The number of rotatable bonds is 6. The first-order chi connectivity index (χ1) is 10.3. The number of halogens is 2. The maximum atomic E-state index is 5.93. The molecule has 0 aliphatic rings. The van der Waals surface area contributed by atoms with Gasteiger partial charge in [-0.05, 0) is 30.7 Å². The Morgan fingerprint density at radius 3 is 2.73 bits per heavy atom. The average Bonchev–Trinajstić information content (AvgIpc) is 2.46. The first-order valence-electron chi connectivity index (χ1n) is 6.37. The summed E-state index contributed by atoms with van der Waals surface area (Å²) in [7, 11) is 3.48. The van der Waals surface area contributed by atoms with Crippen molar-refractivity contribution in [2.24, 2.45) is 21.6 Å². The van der Waals surface area contributed by atoms with Gasteiger partial charge in [0.05, 0.1) is 19.9 Å². The van der Waals surface area contributed by atoms with E-state index in [4.69, 9.17) is 27.8 Å². The number of hydrogen-bond acceptors (Lipinski definition) is 4. The van der Waals surface area contributed by atoms with E-state index in [0.717, 1.165) is 15.8 Å². The number of nitrogens with zero attached hydrogens (tertiary/aromatic N) is 3. The van der Waals surface area contributed by atoms with E-state index in [1.165, 1.54) is 0 Å². The van der Waals surface area contributed by atoms with Crippen molar-refractivity contribution in [3.8, 4) is 5.75 Å². The Labute approximate surface area is 143 Å². The maximum absolute atomic E-state index is 5.93. The van der Waals surface area contributed by atoms with E-state index in [1.54, 1.807) is 25.3 Å². The minimum atomic E-state index is -0.0913. The van der Waals surface area contributed by atoms with Crippen LogP contribution in [0.1, 0.15) is 12.5 Å². The summed E-state index contributed by atoms with van der Waals surface area (Å²) in [6, 6.07) is 5.77. The van der Waals surface area contributed by atoms with Crippen molar-refractivity contribution in [3.05, 3.63) is 39.0 Å². The molecular formula is C14H19BrClN5O. The molecule has 1 aromatic carbocycles. The lowest BCUT2D eigenvalue weighted by Crippen LogP contribution is -2.22. The van der Waals surface area contributed by atoms with E-state index in [0.29, 0.717) is 12.1 Å². The third kappa shape index (κ3) is 5.95. The standard InChI is InChI=1S/C14H19BrClN5O/c1-9(13(16)20-14(17)18)7-19-21(2)8-10-6-11(22-3)4-5-12(10)15/h4-7H,8H2,1-3H3,(H4,17,18,20)/b13-9+,19-7-. The highest BCUT2D eigenvalue weighted by atomic mass is 79.9. The molecule has 0 heterocycles. The van der Waals surface area contributed by atoms with Gasteiger partial charge in [-0.15, -0.1) is 0 Å². The average molecular weight is 389 g/mol. The second kappa shape index (κ2) is 8.65.